The van der Waals surface area contributed by atoms with Gasteiger partial charge in [-0.3, -0.25) is 0 Å². The SMILES string of the molecule is COc1ccc(F)cc1C(C)(C)CC(O)(CF)Cc1cc2ccccc2[nH]1. The summed E-state index contributed by atoms with van der Waals surface area (Å²) in [4.78, 5) is 3.23. The lowest BCUT2D eigenvalue weighted by molar-refractivity contribution is -0.00949. The van der Waals surface area contributed by atoms with Gasteiger partial charge in [0, 0.05) is 23.2 Å². The van der Waals surface area contributed by atoms with E-state index in [1.54, 1.807) is 6.07 Å². The molecule has 3 nitrogen and oxygen atoms in total. The number of hydrogen-bond donors (Lipinski definition) is 2. The average molecular weight is 373 g/mol. The molecule has 2 N–H and O–H groups in total. The number of aliphatic hydroxyl groups is 1. The lowest BCUT2D eigenvalue weighted by Crippen LogP contribution is -2.41. The Labute approximate surface area is 158 Å². The molecule has 0 aliphatic rings. The zero-order chi connectivity index (χ0) is 19.7. The zero-order valence-corrected chi connectivity index (χ0v) is 15.9. The normalized spacial score (nSPS) is 14.3. The molecule has 1 heterocycles. The van der Waals surface area contributed by atoms with Crippen molar-refractivity contribution in [3.63, 3.8) is 0 Å². The van der Waals surface area contributed by atoms with Crippen molar-refractivity contribution < 1.29 is 18.6 Å². The topological polar surface area (TPSA) is 45.2 Å². The minimum absolute atomic E-state index is 0.117. The Balaban J connectivity index is 1.88. The van der Waals surface area contributed by atoms with Gasteiger partial charge in [0.1, 0.15) is 18.2 Å². The van der Waals surface area contributed by atoms with E-state index in [9.17, 15) is 13.9 Å². The molecule has 144 valence electrons. The third-order valence-corrected chi connectivity index (χ3v) is 5.02. The number of rotatable bonds is 7. The number of aromatic nitrogens is 1. The van der Waals surface area contributed by atoms with Gasteiger partial charge < -0.3 is 14.8 Å². The fourth-order valence-electron chi connectivity index (χ4n) is 3.87. The lowest BCUT2D eigenvalue weighted by atomic mass is 9.74. The Hall–Kier alpha value is -2.40. The number of halogens is 2. The summed E-state index contributed by atoms with van der Waals surface area (Å²) >= 11 is 0. The lowest BCUT2D eigenvalue weighted by Gasteiger charge is -2.35. The molecule has 0 aliphatic heterocycles. The van der Waals surface area contributed by atoms with Crippen molar-refractivity contribution in [3.8, 4) is 5.75 Å². The Morgan fingerprint density at radius 3 is 2.52 bits per heavy atom. The molecule has 0 aliphatic carbocycles. The molecule has 0 bridgehead atoms. The van der Waals surface area contributed by atoms with Gasteiger partial charge in [0.2, 0.25) is 0 Å². The fourth-order valence-corrected chi connectivity index (χ4v) is 3.87. The summed E-state index contributed by atoms with van der Waals surface area (Å²) in [6, 6.07) is 13.9. The summed E-state index contributed by atoms with van der Waals surface area (Å²) in [7, 11) is 1.51. The van der Waals surface area contributed by atoms with E-state index < -0.39 is 23.5 Å². The largest absolute Gasteiger partial charge is 0.496 e. The first-order valence-corrected chi connectivity index (χ1v) is 8.95. The number of methoxy groups -OCH3 is 1. The molecule has 0 radical (unpaired) electrons. The summed E-state index contributed by atoms with van der Waals surface area (Å²) in [6.07, 6.45) is 0.255. The number of fused-ring (bicyclic) bond motifs is 1. The van der Waals surface area contributed by atoms with Crippen LogP contribution in [0.2, 0.25) is 0 Å². The average Bonchev–Trinajstić information content (AvgIpc) is 3.03. The molecule has 0 amide bonds. The van der Waals surface area contributed by atoms with Crippen LogP contribution < -0.4 is 4.74 Å². The van der Waals surface area contributed by atoms with Crippen LogP contribution in [0.5, 0.6) is 5.75 Å². The summed E-state index contributed by atoms with van der Waals surface area (Å²) in [5.74, 6) is 0.131. The molecule has 1 aromatic heterocycles. The highest BCUT2D eigenvalue weighted by atomic mass is 19.1. The van der Waals surface area contributed by atoms with Gasteiger partial charge in [-0.05, 0) is 47.6 Å². The Morgan fingerprint density at radius 2 is 1.85 bits per heavy atom. The number of nitrogens with one attached hydrogen (secondary N) is 1. The number of para-hydroxylation sites is 1. The first kappa shape index (κ1) is 19.4. The second kappa shape index (κ2) is 7.31. The molecule has 0 saturated heterocycles. The molecule has 0 saturated carbocycles. The highest BCUT2D eigenvalue weighted by molar-refractivity contribution is 5.80. The first-order chi connectivity index (χ1) is 12.8. The van der Waals surface area contributed by atoms with Crippen LogP contribution >= 0.6 is 0 Å². The van der Waals surface area contributed by atoms with Gasteiger partial charge in [-0.2, -0.15) is 0 Å². The van der Waals surface area contributed by atoms with Crippen molar-refractivity contribution in [2.45, 2.75) is 37.7 Å². The van der Waals surface area contributed by atoms with Crippen LogP contribution in [0.15, 0.2) is 48.5 Å². The summed E-state index contributed by atoms with van der Waals surface area (Å²) < 4.78 is 33.1. The molecule has 1 unspecified atom stereocenters. The van der Waals surface area contributed by atoms with Gasteiger partial charge in [0.15, 0.2) is 0 Å². The fraction of sp³-hybridized carbons (Fsp3) is 0.364. The second-order valence-corrected chi connectivity index (χ2v) is 7.82. The molecule has 5 heteroatoms. The first-order valence-electron chi connectivity index (χ1n) is 8.95. The third-order valence-electron chi connectivity index (χ3n) is 5.02. The molecule has 3 rings (SSSR count). The van der Waals surface area contributed by atoms with Gasteiger partial charge >= 0.3 is 0 Å². The van der Waals surface area contributed by atoms with Crippen molar-refractivity contribution in [2.24, 2.45) is 0 Å². The van der Waals surface area contributed by atoms with E-state index in [0.29, 0.717) is 11.3 Å². The smallest absolute Gasteiger partial charge is 0.123 e. The standard InChI is InChI=1S/C22H25F2NO2/c1-21(2,18-11-16(24)8-9-20(18)27-3)13-22(26,14-23)12-17-10-15-6-4-5-7-19(15)25-17/h4-11,25-26H,12-14H2,1-3H3. The van der Waals surface area contributed by atoms with E-state index in [4.69, 9.17) is 4.74 Å². The molecule has 0 spiro atoms. The molecule has 27 heavy (non-hydrogen) atoms. The van der Waals surface area contributed by atoms with Crippen LogP contribution in [0.25, 0.3) is 10.9 Å². The molecule has 0 fully saturated rings. The van der Waals surface area contributed by atoms with E-state index in [2.05, 4.69) is 4.98 Å². The minimum atomic E-state index is -1.58. The number of alkyl halides is 1. The third kappa shape index (κ3) is 4.14. The van der Waals surface area contributed by atoms with Crippen LogP contribution in [0.1, 0.15) is 31.5 Å². The van der Waals surface area contributed by atoms with Crippen molar-refractivity contribution in [1.82, 2.24) is 4.98 Å². The van der Waals surface area contributed by atoms with Crippen molar-refractivity contribution >= 4 is 10.9 Å². The maximum Gasteiger partial charge on any atom is 0.123 e. The molecule has 3 aromatic rings. The van der Waals surface area contributed by atoms with Crippen LogP contribution in [0.3, 0.4) is 0 Å². The van der Waals surface area contributed by atoms with E-state index in [1.807, 2.05) is 44.2 Å². The summed E-state index contributed by atoms with van der Waals surface area (Å²) in [6.45, 7) is 2.82. The number of ether oxygens (including phenoxy) is 1. The number of H-pyrrole nitrogens is 1. The van der Waals surface area contributed by atoms with Crippen molar-refractivity contribution in [3.05, 3.63) is 65.6 Å². The minimum Gasteiger partial charge on any atom is -0.496 e. The second-order valence-electron chi connectivity index (χ2n) is 7.82. The van der Waals surface area contributed by atoms with Crippen LogP contribution in [0, 0.1) is 5.82 Å². The Kier molecular flexibility index (Phi) is 5.24. The van der Waals surface area contributed by atoms with Crippen molar-refractivity contribution in [1.29, 1.82) is 0 Å². The van der Waals surface area contributed by atoms with Crippen LogP contribution in [-0.4, -0.2) is 29.5 Å². The van der Waals surface area contributed by atoms with Gasteiger partial charge in [0.25, 0.3) is 0 Å². The summed E-state index contributed by atoms with van der Waals surface area (Å²) in [5, 5.41) is 12.0. The molecular formula is C22H25F2NO2. The maximum absolute atomic E-state index is 13.9. The van der Waals surface area contributed by atoms with E-state index in [0.717, 1.165) is 16.6 Å². The number of aromatic amines is 1. The molecule has 1 atom stereocenters. The van der Waals surface area contributed by atoms with Gasteiger partial charge in [-0.15, -0.1) is 0 Å². The molecular weight excluding hydrogens is 348 g/mol. The molecule has 2 aromatic carbocycles. The van der Waals surface area contributed by atoms with Gasteiger partial charge in [-0.1, -0.05) is 32.0 Å². The van der Waals surface area contributed by atoms with Crippen molar-refractivity contribution in [2.75, 3.05) is 13.8 Å². The van der Waals surface area contributed by atoms with Crippen LogP contribution in [-0.2, 0) is 11.8 Å². The highest BCUT2D eigenvalue weighted by Gasteiger charge is 2.38. The monoisotopic (exact) mass is 373 g/mol. The van der Waals surface area contributed by atoms with Gasteiger partial charge in [0.05, 0.1) is 12.7 Å². The van der Waals surface area contributed by atoms with E-state index in [-0.39, 0.29) is 12.8 Å². The van der Waals surface area contributed by atoms with E-state index >= 15 is 0 Å². The number of benzene rings is 2. The Morgan fingerprint density at radius 1 is 1.11 bits per heavy atom. The van der Waals surface area contributed by atoms with Gasteiger partial charge in [-0.25, -0.2) is 8.78 Å². The van der Waals surface area contributed by atoms with E-state index in [1.165, 1.54) is 19.2 Å². The summed E-state index contributed by atoms with van der Waals surface area (Å²) in [5.41, 5.74) is 0.0359. The quantitative estimate of drug-likeness (QED) is 0.617. The predicted octanol–water partition coefficient (Wildman–Crippen LogP) is 4.93. The zero-order valence-electron chi connectivity index (χ0n) is 15.9. The highest BCUT2D eigenvalue weighted by Crippen LogP contribution is 2.39. The Bertz CT molecular complexity index is 902. The predicted molar refractivity (Wildman–Crippen MR) is 104 cm³/mol. The number of hydrogen-bond acceptors (Lipinski definition) is 2. The maximum atomic E-state index is 13.9. The van der Waals surface area contributed by atoms with Crippen LogP contribution in [0.4, 0.5) is 8.78 Å².